The highest BCUT2D eigenvalue weighted by Gasteiger charge is 2.45. The van der Waals surface area contributed by atoms with E-state index >= 15 is 0 Å². The monoisotopic (exact) mass is 699 g/mol. The Bertz CT molecular complexity index is 2590. The number of fused-ring (bicyclic) bond motifs is 6. The fourth-order valence-electron chi connectivity index (χ4n) is 8.33. The Labute approximate surface area is 316 Å². The fourth-order valence-corrected chi connectivity index (χ4v) is 9.63. The number of rotatable bonds is 5. The molecule has 3 nitrogen and oxygen atoms in total. The lowest BCUT2D eigenvalue weighted by molar-refractivity contribution is 0.591. The quantitative estimate of drug-likeness (QED) is 0.166. The molecule has 0 saturated heterocycles. The molecule has 0 unspecified atom stereocenters. The molecule has 254 valence electrons. The second-order valence-corrected chi connectivity index (χ2v) is 16.1. The minimum atomic E-state index is 0.0450. The largest absolute Gasteiger partial charge is 0.311 e. The van der Waals surface area contributed by atoms with Gasteiger partial charge in [0.1, 0.15) is 0 Å². The van der Waals surface area contributed by atoms with E-state index in [0.717, 1.165) is 22.7 Å². The Morgan fingerprint density at radius 1 is 0.509 bits per heavy atom. The van der Waals surface area contributed by atoms with Crippen LogP contribution in [0.1, 0.15) is 26.3 Å². The van der Waals surface area contributed by atoms with Gasteiger partial charge in [0, 0.05) is 60.4 Å². The number of anilines is 9. The van der Waals surface area contributed by atoms with Crippen molar-refractivity contribution >= 4 is 95.0 Å². The van der Waals surface area contributed by atoms with Crippen LogP contribution in [0.3, 0.4) is 0 Å². The zero-order valence-electron chi connectivity index (χ0n) is 30.1. The van der Waals surface area contributed by atoms with Gasteiger partial charge in [-0.1, -0.05) is 112 Å². The number of nitrogens with zero attached hydrogens (tertiary/aromatic N) is 3. The average Bonchev–Trinajstić information content (AvgIpc) is 3.57. The maximum atomic E-state index is 2.53. The first-order valence-corrected chi connectivity index (χ1v) is 19.2. The van der Waals surface area contributed by atoms with Crippen LogP contribution in [0.5, 0.6) is 0 Å². The number of benzene rings is 7. The van der Waals surface area contributed by atoms with Gasteiger partial charge in [-0.2, -0.15) is 0 Å². The molecule has 3 heterocycles. The van der Waals surface area contributed by atoms with Crippen LogP contribution in [0, 0.1) is 0 Å². The van der Waals surface area contributed by atoms with Crippen LogP contribution in [0.2, 0.25) is 0 Å². The molecule has 10 rings (SSSR count). The van der Waals surface area contributed by atoms with E-state index < -0.39 is 0 Å². The molecule has 0 N–H and O–H groups in total. The van der Waals surface area contributed by atoms with Crippen molar-refractivity contribution in [1.29, 1.82) is 0 Å². The van der Waals surface area contributed by atoms with Crippen molar-refractivity contribution in [2.75, 3.05) is 14.7 Å². The van der Waals surface area contributed by atoms with E-state index in [4.69, 9.17) is 0 Å². The van der Waals surface area contributed by atoms with Gasteiger partial charge in [0.25, 0.3) is 6.71 Å². The molecule has 0 fully saturated rings. The lowest BCUT2D eigenvalue weighted by Crippen LogP contribution is -2.60. The van der Waals surface area contributed by atoms with Gasteiger partial charge < -0.3 is 14.7 Å². The molecule has 0 amide bonds. The molecular formula is C48H38BN3S. The van der Waals surface area contributed by atoms with E-state index in [0.29, 0.717) is 0 Å². The summed E-state index contributed by atoms with van der Waals surface area (Å²) in [7, 11) is 0. The predicted molar refractivity (Wildman–Crippen MR) is 229 cm³/mol. The van der Waals surface area contributed by atoms with Crippen molar-refractivity contribution in [3.8, 4) is 0 Å². The Morgan fingerprint density at radius 3 is 1.77 bits per heavy atom. The first kappa shape index (κ1) is 31.7. The zero-order chi connectivity index (χ0) is 35.7. The summed E-state index contributed by atoms with van der Waals surface area (Å²) < 4.78 is 2.72. The number of hydrogen-bond acceptors (Lipinski definition) is 4. The predicted octanol–water partition coefficient (Wildman–Crippen LogP) is 11.8. The standard InChI is InChI=1S/C48H38BN3S/c1-48(2,3)33-29-30-44-39(31-33)46-47(53-44)49-40-25-13-14-26-41(40)51(42-27-16-28-43(45(42)49)52(46)36-21-11-6-12-22-36)38-24-15-23-37(32-38)50(34-17-7-4-8-18-34)35-19-9-5-10-20-35/h4-32H,1-3H3. The van der Waals surface area contributed by atoms with Gasteiger partial charge >= 0.3 is 0 Å². The van der Waals surface area contributed by atoms with E-state index in [1.54, 1.807) is 0 Å². The molecule has 8 aromatic rings. The molecule has 0 atom stereocenters. The molecule has 0 aliphatic carbocycles. The molecule has 53 heavy (non-hydrogen) atoms. The molecule has 0 spiro atoms. The summed E-state index contributed by atoms with van der Waals surface area (Å²) in [6.07, 6.45) is 0. The molecule has 0 bridgehead atoms. The summed E-state index contributed by atoms with van der Waals surface area (Å²) >= 11 is 1.95. The summed E-state index contributed by atoms with van der Waals surface area (Å²) in [6, 6.07) is 64.3. The number of hydrogen-bond donors (Lipinski definition) is 0. The molecule has 5 heteroatoms. The summed E-state index contributed by atoms with van der Waals surface area (Å²) in [5.74, 6) is 0. The zero-order valence-corrected chi connectivity index (χ0v) is 30.9. The lowest BCUT2D eigenvalue weighted by atomic mass is 9.36. The minimum absolute atomic E-state index is 0.0450. The highest BCUT2D eigenvalue weighted by atomic mass is 32.1. The Hall–Kier alpha value is -6.04. The third-order valence-corrected chi connectivity index (χ3v) is 12.0. The third-order valence-electron chi connectivity index (χ3n) is 10.7. The van der Waals surface area contributed by atoms with Gasteiger partial charge in [0.05, 0.1) is 5.69 Å². The topological polar surface area (TPSA) is 9.72 Å². The maximum absolute atomic E-state index is 2.53. The smallest absolute Gasteiger partial charge is 0.264 e. The normalized spacial score (nSPS) is 13.1. The molecule has 2 aliphatic rings. The summed E-state index contributed by atoms with van der Waals surface area (Å²) in [6.45, 7) is 7.03. The average molecular weight is 700 g/mol. The SMILES string of the molecule is CC(C)(C)c1ccc2sc3c(c2c1)N(c1ccccc1)c1cccc2c1B3c1ccccc1N2c1cccc(N(c2ccccc2)c2ccccc2)c1. The van der Waals surface area contributed by atoms with E-state index in [9.17, 15) is 0 Å². The highest BCUT2D eigenvalue weighted by molar-refractivity contribution is 7.33. The Morgan fingerprint density at radius 2 is 1.08 bits per heavy atom. The number of para-hydroxylation sites is 4. The fraction of sp³-hybridized carbons (Fsp3) is 0.0833. The van der Waals surface area contributed by atoms with E-state index in [1.165, 1.54) is 59.8 Å². The van der Waals surface area contributed by atoms with E-state index in [2.05, 4.69) is 211 Å². The van der Waals surface area contributed by atoms with Crippen LogP contribution < -0.4 is 30.4 Å². The van der Waals surface area contributed by atoms with Crippen molar-refractivity contribution in [3.05, 3.63) is 181 Å². The summed E-state index contributed by atoms with van der Waals surface area (Å²) in [4.78, 5) is 7.36. The lowest BCUT2D eigenvalue weighted by Gasteiger charge is -2.43. The second-order valence-electron chi connectivity index (χ2n) is 15.0. The van der Waals surface area contributed by atoms with E-state index in [-0.39, 0.29) is 12.1 Å². The van der Waals surface area contributed by atoms with E-state index in [1.807, 2.05) is 11.3 Å². The first-order chi connectivity index (χ1) is 26.0. The van der Waals surface area contributed by atoms with Crippen molar-refractivity contribution in [1.82, 2.24) is 0 Å². The van der Waals surface area contributed by atoms with Crippen LogP contribution in [-0.2, 0) is 5.41 Å². The van der Waals surface area contributed by atoms with Gasteiger partial charge in [-0.15, -0.1) is 11.3 Å². The molecule has 1 aromatic heterocycles. The van der Waals surface area contributed by atoms with Gasteiger partial charge in [-0.25, -0.2) is 0 Å². The highest BCUT2D eigenvalue weighted by Crippen LogP contribution is 2.48. The van der Waals surface area contributed by atoms with Gasteiger partial charge in [-0.05, 0) is 107 Å². The van der Waals surface area contributed by atoms with Crippen molar-refractivity contribution in [3.63, 3.8) is 0 Å². The second kappa shape index (κ2) is 12.3. The van der Waals surface area contributed by atoms with Gasteiger partial charge in [0.15, 0.2) is 0 Å². The molecule has 0 saturated carbocycles. The molecule has 2 aliphatic heterocycles. The third kappa shape index (κ3) is 5.10. The van der Waals surface area contributed by atoms with Crippen molar-refractivity contribution in [2.24, 2.45) is 0 Å². The molecular weight excluding hydrogens is 661 g/mol. The summed E-state index contributed by atoms with van der Waals surface area (Å²) in [5.41, 5.74) is 14.7. The van der Waals surface area contributed by atoms with Gasteiger partial charge in [-0.3, -0.25) is 0 Å². The van der Waals surface area contributed by atoms with Crippen LogP contribution >= 0.6 is 11.3 Å². The molecule has 7 aromatic carbocycles. The minimum Gasteiger partial charge on any atom is -0.311 e. The van der Waals surface area contributed by atoms with Crippen molar-refractivity contribution in [2.45, 2.75) is 26.2 Å². The van der Waals surface area contributed by atoms with Crippen LogP contribution in [-0.4, -0.2) is 6.71 Å². The maximum Gasteiger partial charge on any atom is 0.264 e. The molecule has 0 radical (unpaired) electrons. The Kier molecular flexibility index (Phi) is 7.35. The Balaban J connectivity index is 1.21. The van der Waals surface area contributed by atoms with Crippen LogP contribution in [0.25, 0.3) is 10.1 Å². The van der Waals surface area contributed by atoms with Crippen molar-refractivity contribution < 1.29 is 0 Å². The first-order valence-electron chi connectivity index (χ1n) is 18.4. The van der Waals surface area contributed by atoms with Crippen LogP contribution in [0.15, 0.2) is 176 Å². The number of thiophene rings is 1. The summed E-state index contributed by atoms with van der Waals surface area (Å²) in [5, 5.41) is 1.33. The van der Waals surface area contributed by atoms with Gasteiger partial charge in [0.2, 0.25) is 0 Å². The van der Waals surface area contributed by atoms with Crippen LogP contribution in [0.4, 0.5) is 51.2 Å².